The minimum Gasteiger partial charge on any atom is -0.385 e. The van der Waals surface area contributed by atoms with Crippen LogP contribution in [-0.4, -0.2) is 10.2 Å². The van der Waals surface area contributed by atoms with Crippen LogP contribution in [0.15, 0.2) is 72.8 Å². The first-order chi connectivity index (χ1) is 9.75. The lowest BCUT2D eigenvalue weighted by atomic mass is 9.96. The van der Waals surface area contributed by atoms with Crippen molar-refractivity contribution >= 4 is 10.8 Å². The zero-order valence-electron chi connectivity index (χ0n) is 11.0. The van der Waals surface area contributed by atoms with Crippen molar-refractivity contribution in [1.29, 1.82) is 0 Å². The van der Waals surface area contributed by atoms with E-state index in [9.17, 15) is 10.2 Å². The fraction of sp³-hybridized carbons (Fsp3) is 0.111. The molecular formula is C18H16O2. The molecule has 0 saturated carbocycles. The monoisotopic (exact) mass is 264 g/mol. The third-order valence-corrected chi connectivity index (χ3v) is 3.56. The first kappa shape index (κ1) is 12.9. The molecule has 0 spiro atoms. The zero-order valence-corrected chi connectivity index (χ0v) is 11.0. The van der Waals surface area contributed by atoms with Gasteiger partial charge in [0.05, 0.1) is 0 Å². The summed E-state index contributed by atoms with van der Waals surface area (Å²) in [6.45, 7) is 0. The quantitative estimate of drug-likeness (QED) is 0.758. The number of rotatable bonds is 3. The number of hydrogen-bond acceptors (Lipinski definition) is 2. The highest BCUT2D eigenvalue weighted by Gasteiger charge is 2.20. The van der Waals surface area contributed by atoms with Gasteiger partial charge in [0.1, 0.15) is 12.2 Å². The Kier molecular flexibility index (Phi) is 3.50. The maximum Gasteiger partial charge on any atom is 0.109 e. The van der Waals surface area contributed by atoms with Crippen molar-refractivity contribution in [1.82, 2.24) is 0 Å². The van der Waals surface area contributed by atoms with Crippen LogP contribution < -0.4 is 0 Å². The van der Waals surface area contributed by atoms with E-state index in [2.05, 4.69) is 0 Å². The first-order valence-corrected chi connectivity index (χ1v) is 6.65. The third kappa shape index (κ3) is 2.44. The Morgan fingerprint density at radius 2 is 1.15 bits per heavy atom. The van der Waals surface area contributed by atoms with E-state index in [-0.39, 0.29) is 0 Å². The molecule has 0 aliphatic carbocycles. The summed E-state index contributed by atoms with van der Waals surface area (Å²) >= 11 is 0. The number of fused-ring (bicyclic) bond motifs is 1. The Morgan fingerprint density at radius 1 is 0.550 bits per heavy atom. The average Bonchev–Trinajstić information content (AvgIpc) is 2.54. The molecule has 0 heterocycles. The van der Waals surface area contributed by atoms with Crippen LogP contribution in [0, 0.1) is 0 Å². The van der Waals surface area contributed by atoms with Crippen molar-refractivity contribution < 1.29 is 10.2 Å². The molecule has 2 atom stereocenters. The Labute approximate surface area is 117 Å². The predicted octanol–water partition coefficient (Wildman–Crippen LogP) is 3.61. The molecule has 0 radical (unpaired) electrons. The molecular weight excluding hydrogens is 248 g/mol. The molecule has 3 aromatic rings. The van der Waals surface area contributed by atoms with Gasteiger partial charge < -0.3 is 10.2 Å². The van der Waals surface area contributed by atoms with Gasteiger partial charge in [-0.1, -0.05) is 66.7 Å². The lowest BCUT2D eigenvalue weighted by molar-refractivity contribution is 0.0173. The van der Waals surface area contributed by atoms with Crippen molar-refractivity contribution in [3.63, 3.8) is 0 Å². The zero-order chi connectivity index (χ0) is 13.9. The van der Waals surface area contributed by atoms with Crippen molar-refractivity contribution in [2.75, 3.05) is 0 Å². The van der Waals surface area contributed by atoms with E-state index in [1.54, 1.807) is 0 Å². The molecule has 2 nitrogen and oxygen atoms in total. The Balaban J connectivity index is 1.94. The summed E-state index contributed by atoms with van der Waals surface area (Å²) in [7, 11) is 0. The molecule has 3 aromatic carbocycles. The number of benzene rings is 3. The molecule has 0 aromatic heterocycles. The number of hydrogen-bond donors (Lipinski definition) is 2. The summed E-state index contributed by atoms with van der Waals surface area (Å²) in [4.78, 5) is 0. The van der Waals surface area contributed by atoms with E-state index in [4.69, 9.17) is 0 Å². The van der Waals surface area contributed by atoms with Gasteiger partial charge in [-0.05, 0) is 28.0 Å². The van der Waals surface area contributed by atoms with E-state index < -0.39 is 12.2 Å². The minimum atomic E-state index is -0.929. The third-order valence-electron chi connectivity index (χ3n) is 3.56. The summed E-state index contributed by atoms with van der Waals surface area (Å²) in [5.41, 5.74) is 1.44. The van der Waals surface area contributed by atoms with Crippen LogP contribution in [0.5, 0.6) is 0 Å². The number of aliphatic hydroxyl groups is 2. The second-order valence-corrected chi connectivity index (χ2v) is 4.91. The average molecular weight is 264 g/mol. The fourth-order valence-electron chi connectivity index (χ4n) is 2.41. The second-order valence-electron chi connectivity index (χ2n) is 4.91. The molecule has 0 aliphatic heterocycles. The maximum absolute atomic E-state index is 10.4. The highest BCUT2D eigenvalue weighted by atomic mass is 16.3. The van der Waals surface area contributed by atoms with Gasteiger partial charge in [-0.3, -0.25) is 0 Å². The highest BCUT2D eigenvalue weighted by molar-refractivity contribution is 5.83. The highest BCUT2D eigenvalue weighted by Crippen LogP contribution is 2.30. The topological polar surface area (TPSA) is 40.5 Å². The SMILES string of the molecule is OC(c1ccccc1)C(O)c1ccc2ccccc2c1. The van der Waals surface area contributed by atoms with Crippen LogP contribution in [0.1, 0.15) is 23.3 Å². The molecule has 0 fully saturated rings. The molecule has 20 heavy (non-hydrogen) atoms. The van der Waals surface area contributed by atoms with Crippen molar-refractivity contribution in [2.24, 2.45) is 0 Å². The Morgan fingerprint density at radius 3 is 1.90 bits per heavy atom. The number of aliphatic hydroxyl groups excluding tert-OH is 2. The Hall–Kier alpha value is -2.16. The Bertz CT molecular complexity index is 707. The van der Waals surface area contributed by atoms with Crippen LogP contribution in [0.4, 0.5) is 0 Å². The van der Waals surface area contributed by atoms with Crippen LogP contribution >= 0.6 is 0 Å². The molecule has 2 heteroatoms. The summed E-state index contributed by atoms with van der Waals surface area (Å²) in [6, 6.07) is 22.9. The van der Waals surface area contributed by atoms with Gasteiger partial charge in [0.25, 0.3) is 0 Å². The smallest absolute Gasteiger partial charge is 0.109 e. The van der Waals surface area contributed by atoms with E-state index >= 15 is 0 Å². The van der Waals surface area contributed by atoms with Crippen LogP contribution in [-0.2, 0) is 0 Å². The molecule has 2 unspecified atom stereocenters. The van der Waals surface area contributed by atoms with Crippen LogP contribution in [0.2, 0.25) is 0 Å². The molecule has 0 amide bonds. The lowest BCUT2D eigenvalue weighted by Gasteiger charge is -2.19. The van der Waals surface area contributed by atoms with Crippen LogP contribution in [0.3, 0.4) is 0 Å². The fourth-order valence-corrected chi connectivity index (χ4v) is 2.41. The summed E-state index contributed by atoms with van der Waals surface area (Å²) < 4.78 is 0. The van der Waals surface area contributed by atoms with Gasteiger partial charge in [0.2, 0.25) is 0 Å². The van der Waals surface area contributed by atoms with Gasteiger partial charge >= 0.3 is 0 Å². The maximum atomic E-state index is 10.4. The molecule has 3 rings (SSSR count). The van der Waals surface area contributed by atoms with E-state index in [0.29, 0.717) is 5.56 Å². The van der Waals surface area contributed by atoms with Crippen molar-refractivity contribution in [3.05, 3.63) is 83.9 Å². The summed E-state index contributed by atoms with van der Waals surface area (Å²) in [6.07, 6.45) is -1.85. The summed E-state index contributed by atoms with van der Waals surface area (Å²) in [5.74, 6) is 0. The van der Waals surface area contributed by atoms with E-state index in [0.717, 1.165) is 16.3 Å². The first-order valence-electron chi connectivity index (χ1n) is 6.65. The molecule has 100 valence electrons. The van der Waals surface area contributed by atoms with Crippen molar-refractivity contribution in [2.45, 2.75) is 12.2 Å². The minimum absolute atomic E-state index is 0.716. The predicted molar refractivity (Wildman–Crippen MR) is 80.3 cm³/mol. The van der Waals surface area contributed by atoms with Gasteiger partial charge in [-0.25, -0.2) is 0 Å². The summed E-state index contributed by atoms with van der Waals surface area (Å²) in [5, 5.41) is 22.8. The van der Waals surface area contributed by atoms with E-state index in [1.165, 1.54) is 0 Å². The van der Waals surface area contributed by atoms with Gasteiger partial charge in [-0.2, -0.15) is 0 Å². The molecule has 2 N–H and O–H groups in total. The molecule has 0 bridgehead atoms. The van der Waals surface area contributed by atoms with E-state index in [1.807, 2.05) is 72.8 Å². The standard InChI is InChI=1S/C18H16O2/c19-17(14-7-2-1-3-8-14)18(20)16-11-10-13-6-4-5-9-15(13)12-16/h1-12,17-20H. The van der Waals surface area contributed by atoms with Gasteiger partial charge in [0, 0.05) is 0 Å². The van der Waals surface area contributed by atoms with Crippen molar-refractivity contribution in [3.8, 4) is 0 Å². The normalized spacial score (nSPS) is 14.1. The van der Waals surface area contributed by atoms with Crippen LogP contribution in [0.25, 0.3) is 10.8 Å². The van der Waals surface area contributed by atoms with Gasteiger partial charge in [0.15, 0.2) is 0 Å². The lowest BCUT2D eigenvalue weighted by Crippen LogP contribution is -2.10. The molecule has 0 aliphatic rings. The molecule has 0 saturated heterocycles. The largest absolute Gasteiger partial charge is 0.385 e. The second kappa shape index (κ2) is 5.45. The van der Waals surface area contributed by atoms with Gasteiger partial charge in [-0.15, -0.1) is 0 Å².